The van der Waals surface area contributed by atoms with E-state index in [1.54, 1.807) is 11.3 Å². The van der Waals surface area contributed by atoms with Crippen molar-refractivity contribution in [2.24, 2.45) is 5.92 Å². The minimum absolute atomic E-state index is 0.0802. The molecule has 0 radical (unpaired) electrons. The first kappa shape index (κ1) is 14.7. The molecular weight excluding hydrogens is 302 g/mol. The maximum atomic E-state index is 11.4. The summed E-state index contributed by atoms with van der Waals surface area (Å²) in [6.07, 6.45) is 0. The van der Waals surface area contributed by atoms with Crippen LogP contribution in [-0.2, 0) is 16.1 Å². The monoisotopic (exact) mass is 319 g/mol. The van der Waals surface area contributed by atoms with Crippen LogP contribution in [0, 0.1) is 5.92 Å². The van der Waals surface area contributed by atoms with E-state index in [1.807, 2.05) is 6.92 Å². The molecule has 0 spiro atoms. The quantitative estimate of drug-likeness (QED) is 0.754. The van der Waals surface area contributed by atoms with E-state index in [1.165, 1.54) is 12.0 Å². The Bertz CT molecular complexity index is 367. The van der Waals surface area contributed by atoms with Crippen molar-refractivity contribution in [1.82, 2.24) is 4.90 Å². The summed E-state index contributed by atoms with van der Waals surface area (Å²) in [7, 11) is 1.44. The van der Waals surface area contributed by atoms with Crippen molar-refractivity contribution in [3.05, 3.63) is 20.8 Å². The number of halogens is 1. The highest BCUT2D eigenvalue weighted by Crippen LogP contribution is 2.23. The molecular formula is C12H18BrNO2S. The first-order valence-corrected chi connectivity index (χ1v) is 7.22. The summed E-state index contributed by atoms with van der Waals surface area (Å²) in [5.41, 5.74) is 0. The number of carbonyl (C=O) groups is 1. The zero-order valence-electron chi connectivity index (χ0n) is 10.4. The van der Waals surface area contributed by atoms with Crippen molar-refractivity contribution in [1.29, 1.82) is 0 Å². The van der Waals surface area contributed by atoms with Gasteiger partial charge in [0.25, 0.3) is 0 Å². The van der Waals surface area contributed by atoms with Gasteiger partial charge in [-0.25, -0.2) is 0 Å². The molecule has 0 aromatic carbocycles. The predicted octanol–water partition coefficient (Wildman–Crippen LogP) is 3.14. The van der Waals surface area contributed by atoms with Gasteiger partial charge in [-0.1, -0.05) is 13.8 Å². The second-order valence-electron chi connectivity index (χ2n) is 3.96. The summed E-state index contributed by atoms with van der Waals surface area (Å²) >= 11 is 5.19. The third-order valence-corrected chi connectivity index (χ3v) is 4.20. The van der Waals surface area contributed by atoms with Crippen molar-refractivity contribution in [2.45, 2.75) is 20.4 Å². The van der Waals surface area contributed by atoms with E-state index in [-0.39, 0.29) is 11.9 Å². The number of nitrogens with zero attached hydrogens (tertiary/aromatic N) is 1. The Hall–Kier alpha value is -0.390. The van der Waals surface area contributed by atoms with E-state index in [9.17, 15) is 4.79 Å². The Morgan fingerprint density at radius 1 is 1.59 bits per heavy atom. The minimum atomic E-state index is -0.143. The molecule has 0 aliphatic rings. The summed E-state index contributed by atoms with van der Waals surface area (Å²) < 4.78 is 5.88. The smallest absolute Gasteiger partial charge is 0.309 e. The maximum absolute atomic E-state index is 11.4. The number of ether oxygens (including phenoxy) is 1. The molecule has 0 amide bonds. The lowest BCUT2D eigenvalue weighted by Crippen LogP contribution is -2.31. The number of rotatable bonds is 6. The van der Waals surface area contributed by atoms with Gasteiger partial charge in [0.05, 0.1) is 16.8 Å². The molecule has 0 saturated heterocycles. The molecule has 0 fully saturated rings. The highest BCUT2D eigenvalue weighted by molar-refractivity contribution is 9.11. The van der Waals surface area contributed by atoms with Gasteiger partial charge < -0.3 is 4.74 Å². The first-order valence-electron chi connectivity index (χ1n) is 5.61. The Morgan fingerprint density at radius 3 is 2.76 bits per heavy atom. The van der Waals surface area contributed by atoms with Crippen LogP contribution < -0.4 is 0 Å². The number of methoxy groups -OCH3 is 1. The van der Waals surface area contributed by atoms with Crippen LogP contribution >= 0.6 is 27.3 Å². The Morgan fingerprint density at radius 2 is 2.29 bits per heavy atom. The summed E-state index contributed by atoms with van der Waals surface area (Å²) in [5, 5.41) is 0. The molecule has 0 aliphatic heterocycles. The van der Waals surface area contributed by atoms with E-state index < -0.39 is 0 Å². The van der Waals surface area contributed by atoms with E-state index in [2.05, 4.69) is 39.9 Å². The van der Waals surface area contributed by atoms with Gasteiger partial charge in [-0.05, 0) is 34.6 Å². The SMILES string of the molecule is CCN(Cc1ccc(Br)s1)CC(C)C(=O)OC. The number of esters is 1. The molecule has 5 heteroatoms. The third kappa shape index (κ3) is 4.77. The Kier molecular flexibility index (Phi) is 6.16. The number of hydrogen-bond acceptors (Lipinski definition) is 4. The summed E-state index contributed by atoms with van der Waals surface area (Å²) in [4.78, 5) is 14.9. The average molecular weight is 320 g/mol. The lowest BCUT2D eigenvalue weighted by molar-refractivity contribution is -0.145. The highest BCUT2D eigenvalue weighted by atomic mass is 79.9. The van der Waals surface area contributed by atoms with Crippen molar-refractivity contribution in [3.63, 3.8) is 0 Å². The van der Waals surface area contributed by atoms with Gasteiger partial charge in [0.1, 0.15) is 0 Å². The molecule has 1 atom stereocenters. The van der Waals surface area contributed by atoms with E-state index >= 15 is 0 Å². The largest absolute Gasteiger partial charge is 0.469 e. The molecule has 96 valence electrons. The number of carbonyl (C=O) groups excluding carboxylic acids is 1. The van der Waals surface area contributed by atoms with Crippen molar-refractivity contribution < 1.29 is 9.53 Å². The predicted molar refractivity (Wildman–Crippen MR) is 74.2 cm³/mol. The molecule has 17 heavy (non-hydrogen) atoms. The van der Waals surface area contributed by atoms with Crippen LogP contribution in [0.2, 0.25) is 0 Å². The van der Waals surface area contributed by atoms with Gasteiger partial charge in [-0.2, -0.15) is 0 Å². The van der Waals surface area contributed by atoms with Crippen molar-refractivity contribution in [3.8, 4) is 0 Å². The summed E-state index contributed by atoms with van der Waals surface area (Å²) in [6, 6.07) is 4.16. The van der Waals surface area contributed by atoms with Crippen LogP contribution in [0.25, 0.3) is 0 Å². The van der Waals surface area contributed by atoms with Crippen molar-refractivity contribution >= 4 is 33.2 Å². The van der Waals surface area contributed by atoms with E-state index in [0.29, 0.717) is 0 Å². The fourth-order valence-electron chi connectivity index (χ4n) is 1.63. The highest BCUT2D eigenvalue weighted by Gasteiger charge is 2.17. The molecule has 1 aromatic heterocycles. The maximum Gasteiger partial charge on any atom is 0.309 e. The van der Waals surface area contributed by atoms with E-state index in [0.717, 1.165) is 23.4 Å². The lowest BCUT2D eigenvalue weighted by atomic mass is 10.1. The van der Waals surface area contributed by atoms with Crippen LogP contribution in [0.4, 0.5) is 0 Å². The summed E-state index contributed by atoms with van der Waals surface area (Å²) in [5.74, 6) is -0.223. The molecule has 3 nitrogen and oxygen atoms in total. The molecule has 1 unspecified atom stereocenters. The average Bonchev–Trinajstić information content (AvgIpc) is 2.72. The van der Waals surface area contributed by atoms with Crippen LogP contribution in [0.5, 0.6) is 0 Å². The van der Waals surface area contributed by atoms with Gasteiger partial charge in [0.15, 0.2) is 0 Å². The standard InChI is InChI=1S/C12H18BrNO2S/c1-4-14(7-9(2)12(15)16-3)8-10-5-6-11(13)17-10/h5-6,9H,4,7-8H2,1-3H3. The second-order valence-corrected chi connectivity index (χ2v) is 6.51. The lowest BCUT2D eigenvalue weighted by Gasteiger charge is -2.22. The molecule has 0 aliphatic carbocycles. The van der Waals surface area contributed by atoms with Gasteiger partial charge in [0, 0.05) is 18.0 Å². The van der Waals surface area contributed by atoms with Crippen molar-refractivity contribution in [2.75, 3.05) is 20.2 Å². The van der Waals surface area contributed by atoms with Gasteiger partial charge in [0.2, 0.25) is 0 Å². The second kappa shape index (κ2) is 7.13. The topological polar surface area (TPSA) is 29.5 Å². The molecule has 1 aromatic rings. The van der Waals surface area contributed by atoms with Gasteiger partial charge in [-0.15, -0.1) is 11.3 Å². The zero-order chi connectivity index (χ0) is 12.8. The molecule has 1 heterocycles. The zero-order valence-corrected chi connectivity index (χ0v) is 12.8. The fraction of sp³-hybridized carbons (Fsp3) is 0.583. The molecule has 1 rings (SSSR count). The Labute approximate surface area is 115 Å². The Balaban J connectivity index is 2.51. The van der Waals surface area contributed by atoms with E-state index in [4.69, 9.17) is 4.74 Å². The molecule has 0 bridgehead atoms. The van der Waals surface area contributed by atoms with Crippen LogP contribution in [0.3, 0.4) is 0 Å². The molecule has 0 N–H and O–H groups in total. The van der Waals surface area contributed by atoms with Gasteiger partial charge >= 0.3 is 5.97 Å². The van der Waals surface area contributed by atoms with Gasteiger partial charge in [-0.3, -0.25) is 9.69 Å². The third-order valence-electron chi connectivity index (χ3n) is 2.59. The first-order chi connectivity index (χ1) is 8.06. The van der Waals surface area contributed by atoms with Crippen LogP contribution in [0.15, 0.2) is 15.9 Å². The minimum Gasteiger partial charge on any atom is -0.469 e. The summed E-state index contributed by atoms with van der Waals surface area (Å²) in [6.45, 7) is 6.55. The van der Waals surface area contributed by atoms with Crippen LogP contribution in [0.1, 0.15) is 18.7 Å². The molecule has 0 saturated carbocycles. The van der Waals surface area contributed by atoms with Crippen LogP contribution in [-0.4, -0.2) is 31.1 Å². The normalized spacial score (nSPS) is 12.8. The number of thiophene rings is 1. The number of hydrogen-bond donors (Lipinski definition) is 0. The fourth-order valence-corrected chi connectivity index (χ4v) is 3.15.